The third kappa shape index (κ3) is 59.1. The summed E-state index contributed by atoms with van der Waals surface area (Å²) in [6, 6.07) is 0. The summed E-state index contributed by atoms with van der Waals surface area (Å²) in [5, 5.41) is 0. The maximum Gasteiger partial charge on any atom is 0.306 e. The molecule has 0 aromatic rings. The predicted octanol–water partition coefficient (Wildman–Crippen LogP) is 21.1. The molecular formula is C67H114O5. The van der Waals surface area contributed by atoms with Crippen molar-refractivity contribution >= 4 is 11.9 Å². The molecule has 0 heterocycles. The fraction of sp³-hybridized carbons (Fsp3) is 0.701. The maximum atomic E-state index is 12.9. The van der Waals surface area contributed by atoms with E-state index in [1.807, 2.05) is 0 Å². The second-order valence-electron chi connectivity index (χ2n) is 19.8. The van der Waals surface area contributed by atoms with E-state index in [9.17, 15) is 9.59 Å². The van der Waals surface area contributed by atoms with Gasteiger partial charge in [-0.15, -0.1) is 0 Å². The minimum Gasteiger partial charge on any atom is -0.462 e. The molecule has 0 saturated carbocycles. The molecule has 0 rings (SSSR count). The summed E-state index contributed by atoms with van der Waals surface area (Å²) in [4.78, 5) is 25.6. The smallest absolute Gasteiger partial charge is 0.306 e. The molecule has 412 valence electrons. The summed E-state index contributed by atoms with van der Waals surface area (Å²) in [6.45, 7) is 7.54. The molecule has 0 aromatic heterocycles. The van der Waals surface area contributed by atoms with Gasteiger partial charge < -0.3 is 14.2 Å². The van der Waals surface area contributed by atoms with Crippen LogP contribution in [0.15, 0.2) is 109 Å². The van der Waals surface area contributed by atoms with Crippen LogP contribution in [0.25, 0.3) is 0 Å². The van der Waals surface area contributed by atoms with E-state index < -0.39 is 6.10 Å². The van der Waals surface area contributed by atoms with E-state index in [1.54, 1.807) is 0 Å². The van der Waals surface area contributed by atoms with Crippen molar-refractivity contribution in [2.75, 3.05) is 19.8 Å². The van der Waals surface area contributed by atoms with Gasteiger partial charge in [0.2, 0.25) is 0 Å². The first-order valence-electron chi connectivity index (χ1n) is 30.4. The molecule has 5 nitrogen and oxygen atoms in total. The highest BCUT2D eigenvalue weighted by Crippen LogP contribution is 2.16. The normalized spacial score (nSPS) is 13.0. The second kappa shape index (κ2) is 61.9. The number of unbranched alkanes of at least 4 members (excludes halogenated alkanes) is 26. The molecule has 0 aromatic carbocycles. The van der Waals surface area contributed by atoms with Crippen molar-refractivity contribution in [1.29, 1.82) is 0 Å². The lowest BCUT2D eigenvalue weighted by molar-refractivity contribution is -0.163. The Morgan fingerprint density at radius 3 is 1.00 bits per heavy atom. The standard InChI is InChI=1S/C67H114O5/c1-4-7-10-13-16-19-22-25-28-31-33-35-38-41-44-47-50-53-56-59-62-70-63-65(72-67(69)61-58-55-52-49-46-43-40-36-30-27-24-21-18-15-12-9-6-3)64-71-66(68)60-57-54-51-48-45-42-39-37-34-32-29-26-23-20-17-14-11-8-5-2/h7,9-10,12,16,18-19,21,25,27-28,30,33,35,40-41,43-44,65H,4-6,8,11,13-15,17,20,22-24,26,29,31-32,34,36-39,42,45-64H2,1-3H3/b10-7-,12-9-,19-16-,21-18-,28-25-,30-27-,35-33-,43-40-,44-41-. The Balaban J connectivity index is 4.37. The number of carbonyl (C=O) groups is 2. The summed E-state index contributed by atoms with van der Waals surface area (Å²) in [7, 11) is 0. The number of hydrogen-bond acceptors (Lipinski definition) is 5. The van der Waals surface area contributed by atoms with Gasteiger partial charge in [-0.25, -0.2) is 0 Å². The van der Waals surface area contributed by atoms with Gasteiger partial charge in [-0.1, -0.05) is 271 Å². The largest absolute Gasteiger partial charge is 0.462 e. The Labute approximate surface area is 446 Å². The highest BCUT2D eigenvalue weighted by Gasteiger charge is 2.17. The Hall–Kier alpha value is -3.44. The summed E-state index contributed by atoms with van der Waals surface area (Å²) >= 11 is 0. The Bertz CT molecular complexity index is 1410. The van der Waals surface area contributed by atoms with Gasteiger partial charge in [-0.2, -0.15) is 0 Å². The molecule has 0 radical (unpaired) electrons. The van der Waals surface area contributed by atoms with E-state index in [4.69, 9.17) is 14.2 Å². The number of allylic oxidation sites excluding steroid dienone is 18. The van der Waals surface area contributed by atoms with Gasteiger partial charge in [-0.3, -0.25) is 9.59 Å². The first-order valence-corrected chi connectivity index (χ1v) is 30.4. The van der Waals surface area contributed by atoms with Gasteiger partial charge in [0.15, 0.2) is 6.10 Å². The molecule has 0 aliphatic heterocycles. The van der Waals surface area contributed by atoms with Crippen molar-refractivity contribution in [3.8, 4) is 0 Å². The number of ether oxygens (including phenoxy) is 3. The Morgan fingerprint density at radius 1 is 0.319 bits per heavy atom. The summed E-state index contributed by atoms with van der Waals surface area (Å²) < 4.78 is 17.5. The lowest BCUT2D eigenvalue weighted by Crippen LogP contribution is -2.30. The van der Waals surface area contributed by atoms with Crippen LogP contribution >= 0.6 is 0 Å². The predicted molar refractivity (Wildman–Crippen MR) is 316 cm³/mol. The van der Waals surface area contributed by atoms with Crippen molar-refractivity contribution in [3.63, 3.8) is 0 Å². The minimum atomic E-state index is -0.569. The summed E-state index contributed by atoms with van der Waals surface area (Å²) in [6.07, 6.45) is 85.5. The highest BCUT2D eigenvalue weighted by atomic mass is 16.6. The van der Waals surface area contributed by atoms with Crippen molar-refractivity contribution in [2.24, 2.45) is 0 Å². The molecule has 0 aliphatic rings. The van der Waals surface area contributed by atoms with E-state index in [0.29, 0.717) is 19.4 Å². The van der Waals surface area contributed by atoms with Crippen LogP contribution in [0.2, 0.25) is 0 Å². The molecule has 0 aliphatic carbocycles. The lowest BCUT2D eigenvalue weighted by atomic mass is 10.0. The number of rotatable bonds is 55. The van der Waals surface area contributed by atoms with Crippen LogP contribution in [0.3, 0.4) is 0 Å². The van der Waals surface area contributed by atoms with Crippen LogP contribution in [-0.4, -0.2) is 37.9 Å². The Kier molecular flexibility index (Phi) is 58.9. The first-order chi connectivity index (χ1) is 35.6. The van der Waals surface area contributed by atoms with Gasteiger partial charge in [0.05, 0.1) is 6.61 Å². The SMILES string of the molecule is CC/C=C\C/C=C\C/C=C\C/C=C\C/C=C\CCCCCCOCC(COC(=O)CCCCCCCCCCCCCCCCCCCCC)OC(=O)CCCCCC/C=C\C/C=C\C/C=C\C/C=C\CC. The highest BCUT2D eigenvalue weighted by molar-refractivity contribution is 5.70. The Morgan fingerprint density at radius 2 is 0.625 bits per heavy atom. The molecule has 0 amide bonds. The zero-order valence-corrected chi connectivity index (χ0v) is 47.4. The molecular weight excluding hydrogens is 885 g/mol. The molecule has 72 heavy (non-hydrogen) atoms. The second-order valence-corrected chi connectivity index (χ2v) is 19.8. The van der Waals surface area contributed by atoms with E-state index >= 15 is 0 Å². The van der Waals surface area contributed by atoms with Crippen LogP contribution in [-0.2, 0) is 23.8 Å². The molecule has 0 N–H and O–H groups in total. The number of hydrogen-bond donors (Lipinski definition) is 0. The van der Waals surface area contributed by atoms with E-state index in [2.05, 4.69) is 130 Å². The van der Waals surface area contributed by atoms with Gasteiger partial charge in [0, 0.05) is 19.4 Å². The van der Waals surface area contributed by atoms with Gasteiger partial charge >= 0.3 is 11.9 Å². The molecule has 0 spiro atoms. The fourth-order valence-electron chi connectivity index (χ4n) is 8.35. The van der Waals surface area contributed by atoms with Crippen LogP contribution in [0.4, 0.5) is 0 Å². The zero-order chi connectivity index (χ0) is 52.0. The third-order valence-corrected chi connectivity index (χ3v) is 12.8. The van der Waals surface area contributed by atoms with Gasteiger partial charge in [0.25, 0.3) is 0 Å². The third-order valence-electron chi connectivity index (χ3n) is 12.8. The van der Waals surface area contributed by atoms with E-state index in [0.717, 1.165) is 128 Å². The molecule has 1 atom stereocenters. The monoisotopic (exact) mass is 999 g/mol. The number of esters is 2. The van der Waals surface area contributed by atoms with Crippen LogP contribution in [0, 0.1) is 0 Å². The lowest BCUT2D eigenvalue weighted by Gasteiger charge is -2.18. The van der Waals surface area contributed by atoms with Crippen molar-refractivity contribution < 1.29 is 23.8 Å². The van der Waals surface area contributed by atoms with Gasteiger partial charge in [-0.05, 0) is 103 Å². The average molecular weight is 1000 g/mol. The molecule has 0 saturated heterocycles. The van der Waals surface area contributed by atoms with Crippen molar-refractivity contribution in [3.05, 3.63) is 109 Å². The van der Waals surface area contributed by atoms with E-state index in [-0.39, 0.29) is 25.2 Å². The maximum absolute atomic E-state index is 12.9. The van der Waals surface area contributed by atoms with E-state index in [1.165, 1.54) is 116 Å². The summed E-state index contributed by atoms with van der Waals surface area (Å²) in [5.74, 6) is -0.434. The van der Waals surface area contributed by atoms with Crippen LogP contribution in [0.1, 0.15) is 278 Å². The molecule has 0 bridgehead atoms. The fourth-order valence-corrected chi connectivity index (χ4v) is 8.35. The minimum absolute atomic E-state index is 0.0613. The van der Waals surface area contributed by atoms with Crippen molar-refractivity contribution in [1.82, 2.24) is 0 Å². The molecule has 0 fully saturated rings. The zero-order valence-electron chi connectivity index (χ0n) is 47.4. The summed E-state index contributed by atoms with van der Waals surface area (Å²) in [5.41, 5.74) is 0. The van der Waals surface area contributed by atoms with Crippen LogP contribution in [0.5, 0.6) is 0 Å². The average Bonchev–Trinajstić information content (AvgIpc) is 3.38. The van der Waals surface area contributed by atoms with Crippen molar-refractivity contribution in [2.45, 2.75) is 284 Å². The first kappa shape index (κ1) is 68.6. The molecule has 5 heteroatoms. The van der Waals surface area contributed by atoms with Gasteiger partial charge in [0.1, 0.15) is 6.61 Å². The topological polar surface area (TPSA) is 61.8 Å². The quantitative estimate of drug-likeness (QED) is 0.0345. The number of carbonyl (C=O) groups excluding carboxylic acids is 2. The van der Waals surface area contributed by atoms with Crippen LogP contribution < -0.4 is 0 Å². The molecule has 1 unspecified atom stereocenters.